The summed E-state index contributed by atoms with van der Waals surface area (Å²) >= 11 is 0. The second kappa shape index (κ2) is 17.4. The number of hydrogen-bond donors (Lipinski definition) is 6. The van der Waals surface area contributed by atoms with Crippen LogP contribution in [0.5, 0.6) is 5.75 Å². The minimum absolute atomic E-state index is 0.0730. The van der Waals surface area contributed by atoms with Crippen LogP contribution in [0.25, 0.3) is 0 Å². The highest BCUT2D eigenvalue weighted by Gasteiger charge is 2.35. The Balaban J connectivity index is 1.37. The standard InChI is InChI=1S/C39H38N4O7/c44-30-18-11-16-28(24-30)37(47)41-33(22-26-12-3-1-4-13-26)35(45)36(46)34(23-27-14-5-2-6-15-27)42-38(48)31-19-7-8-20-32(31)43-39(49)50-25-29-17-9-10-21-40-29/h1-21,24,33-36,44-46H,22-23,25H2,(H,41,47)(H,42,48)(H,43,49)/t33-,34-,35-,36+/m0/s1. The Kier molecular flexibility index (Phi) is 12.3. The van der Waals surface area contributed by atoms with E-state index in [0.29, 0.717) is 5.69 Å². The Morgan fingerprint density at radius 1 is 0.660 bits per heavy atom. The van der Waals surface area contributed by atoms with E-state index in [9.17, 15) is 29.7 Å². The zero-order valence-corrected chi connectivity index (χ0v) is 27.1. The number of rotatable bonds is 14. The highest BCUT2D eigenvalue weighted by Crippen LogP contribution is 2.20. The molecule has 0 aliphatic heterocycles. The first-order chi connectivity index (χ1) is 24.3. The van der Waals surface area contributed by atoms with Gasteiger partial charge in [-0.1, -0.05) is 84.9 Å². The predicted octanol–water partition coefficient (Wildman–Crippen LogP) is 4.64. The summed E-state index contributed by atoms with van der Waals surface area (Å²) in [6.07, 6.45) is -2.05. The molecule has 256 valence electrons. The molecule has 0 aliphatic rings. The van der Waals surface area contributed by atoms with Gasteiger partial charge in [0.15, 0.2) is 0 Å². The molecule has 0 spiro atoms. The van der Waals surface area contributed by atoms with Crippen molar-refractivity contribution in [2.24, 2.45) is 0 Å². The lowest BCUT2D eigenvalue weighted by molar-refractivity contribution is -0.0219. The predicted molar refractivity (Wildman–Crippen MR) is 187 cm³/mol. The molecule has 11 heteroatoms. The number of nitrogens with one attached hydrogen (secondary N) is 3. The van der Waals surface area contributed by atoms with Crippen LogP contribution in [0, 0.1) is 0 Å². The number of aliphatic hydroxyl groups excluding tert-OH is 2. The molecule has 0 aliphatic carbocycles. The van der Waals surface area contributed by atoms with Crippen LogP contribution in [0.2, 0.25) is 0 Å². The SMILES string of the molecule is O=C(Nc1ccccc1C(=O)N[C@@H](Cc1ccccc1)[C@@H](O)[C@@H](O)[C@H](Cc1ccccc1)NC(=O)c1cccc(O)c1)OCc1ccccn1. The summed E-state index contributed by atoms with van der Waals surface area (Å²) in [5.74, 6) is -1.28. The first kappa shape index (κ1) is 35.3. The van der Waals surface area contributed by atoms with Crippen molar-refractivity contribution >= 4 is 23.6 Å². The maximum atomic E-state index is 13.8. The molecule has 4 atom stereocenters. The van der Waals surface area contributed by atoms with Gasteiger partial charge in [-0.2, -0.15) is 0 Å². The lowest BCUT2D eigenvalue weighted by atomic mass is 9.90. The number of ether oxygens (including phenoxy) is 1. The Bertz CT molecular complexity index is 1860. The van der Waals surface area contributed by atoms with Gasteiger partial charge in [-0.3, -0.25) is 19.9 Å². The quantitative estimate of drug-likeness (QED) is 0.0990. The van der Waals surface area contributed by atoms with Gasteiger partial charge in [-0.25, -0.2) is 4.79 Å². The molecule has 0 fully saturated rings. The Morgan fingerprint density at radius 3 is 1.84 bits per heavy atom. The van der Waals surface area contributed by atoms with E-state index in [0.717, 1.165) is 11.1 Å². The van der Waals surface area contributed by atoms with Crippen molar-refractivity contribution in [3.63, 3.8) is 0 Å². The fraction of sp³-hybridized carbons (Fsp3) is 0.179. The fourth-order valence-corrected chi connectivity index (χ4v) is 5.43. The summed E-state index contributed by atoms with van der Waals surface area (Å²) < 4.78 is 5.28. The van der Waals surface area contributed by atoms with Crippen molar-refractivity contribution in [1.82, 2.24) is 15.6 Å². The summed E-state index contributed by atoms with van der Waals surface area (Å²) in [6, 6.07) is 33.6. The van der Waals surface area contributed by atoms with Gasteiger partial charge in [0.05, 0.1) is 29.0 Å². The van der Waals surface area contributed by atoms with Gasteiger partial charge in [0.25, 0.3) is 11.8 Å². The van der Waals surface area contributed by atoms with E-state index in [1.54, 1.807) is 42.6 Å². The monoisotopic (exact) mass is 674 g/mol. The average molecular weight is 675 g/mol. The normalized spacial score (nSPS) is 13.2. The third kappa shape index (κ3) is 9.99. The number of para-hydroxylation sites is 1. The number of carbonyl (C=O) groups excluding carboxylic acids is 3. The van der Waals surface area contributed by atoms with Crippen LogP contribution in [0.4, 0.5) is 10.5 Å². The molecule has 4 aromatic carbocycles. The van der Waals surface area contributed by atoms with E-state index in [1.807, 2.05) is 60.7 Å². The van der Waals surface area contributed by atoms with E-state index in [-0.39, 0.29) is 42.0 Å². The van der Waals surface area contributed by atoms with Crippen LogP contribution in [-0.4, -0.2) is 62.5 Å². The molecule has 0 saturated heterocycles. The molecule has 1 aromatic heterocycles. The molecule has 50 heavy (non-hydrogen) atoms. The van der Waals surface area contributed by atoms with E-state index in [4.69, 9.17) is 4.74 Å². The molecule has 3 amide bonds. The summed E-state index contributed by atoms with van der Waals surface area (Å²) in [4.78, 5) is 43.8. The minimum Gasteiger partial charge on any atom is -0.508 e. The number of aromatic hydroxyl groups is 1. The highest BCUT2D eigenvalue weighted by molar-refractivity contribution is 6.02. The number of benzene rings is 4. The van der Waals surface area contributed by atoms with Crippen molar-refractivity contribution in [3.8, 4) is 5.75 Å². The van der Waals surface area contributed by atoms with Gasteiger partial charge in [0, 0.05) is 11.8 Å². The smallest absolute Gasteiger partial charge is 0.412 e. The van der Waals surface area contributed by atoms with E-state index < -0.39 is 42.2 Å². The third-order valence-electron chi connectivity index (χ3n) is 8.00. The van der Waals surface area contributed by atoms with Gasteiger partial charge in [-0.05, 0) is 66.4 Å². The van der Waals surface area contributed by atoms with Gasteiger partial charge in [0.2, 0.25) is 0 Å². The van der Waals surface area contributed by atoms with Crippen LogP contribution in [0.1, 0.15) is 37.5 Å². The van der Waals surface area contributed by atoms with E-state index in [1.165, 1.54) is 30.3 Å². The van der Waals surface area contributed by atoms with Crippen molar-refractivity contribution < 1.29 is 34.4 Å². The highest BCUT2D eigenvalue weighted by atomic mass is 16.5. The topological polar surface area (TPSA) is 170 Å². The maximum Gasteiger partial charge on any atom is 0.412 e. The molecule has 1 heterocycles. The molecule has 0 saturated carbocycles. The van der Waals surface area contributed by atoms with Gasteiger partial charge < -0.3 is 30.7 Å². The fourth-order valence-electron chi connectivity index (χ4n) is 5.43. The molecule has 5 aromatic rings. The number of aliphatic hydroxyl groups is 2. The molecule has 0 unspecified atom stereocenters. The minimum atomic E-state index is -1.57. The van der Waals surface area contributed by atoms with Crippen LogP contribution < -0.4 is 16.0 Å². The van der Waals surface area contributed by atoms with E-state index in [2.05, 4.69) is 20.9 Å². The summed E-state index contributed by atoms with van der Waals surface area (Å²) in [5, 5.41) is 41.6. The number of phenols is 1. The summed E-state index contributed by atoms with van der Waals surface area (Å²) in [7, 11) is 0. The zero-order chi connectivity index (χ0) is 35.3. The van der Waals surface area contributed by atoms with Crippen LogP contribution in [-0.2, 0) is 24.2 Å². The Morgan fingerprint density at radius 2 is 1.24 bits per heavy atom. The number of nitrogens with zero attached hydrogens (tertiary/aromatic N) is 1. The summed E-state index contributed by atoms with van der Waals surface area (Å²) in [5.41, 5.74) is 2.55. The van der Waals surface area contributed by atoms with Gasteiger partial charge in [0.1, 0.15) is 24.6 Å². The molecular weight excluding hydrogens is 636 g/mol. The van der Waals surface area contributed by atoms with Crippen molar-refractivity contribution in [2.75, 3.05) is 5.32 Å². The number of hydrogen-bond acceptors (Lipinski definition) is 8. The Labute approximate surface area is 289 Å². The number of pyridine rings is 1. The largest absolute Gasteiger partial charge is 0.508 e. The van der Waals surface area contributed by atoms with Crippen molar-refractivity contribution in [3.05, 3.63) is 162 Å². The van der Waals surface area contributed by atoms with Crippen molar-refractivity contribution in [1.29, 1.82) is 0 Å². The number of aromatic nitrogens is 1. The van der Waals surface area contributed by atoms with Crippen LogP contribution in [0.15, 0.2) is 134 Å². The maximum absolute atomic E-state index is 13.8. The molecule has 5 rings (SSSR count). The van der Waals surface area contributed by atoms with Crippen molar-refractivity contribution in [2.45, 2.75) is 43.7 Å². The molecular formula is C39H38N4O7. The van der Waals surface area contributed by atoms with Gasteiger partial charge in [-0.15, -0.1) is 0 Å². The average Bonchev–Trinajstić information content (AvgIpc) is 3.14. The molecule has 0 radical (unpaired) electrons. The second-order valence-corrected chi connectivity index (χ2v) is 11.6. The lowest BCUT2D eigenvalue weighted by Gasteiger charge is -2.33. The Hall–Kier alpha value is -6.04. The lowest BCUT2D eigenvalue weighted by Crippen LogP contribution is -2.57. The number of anilines is 1. The third-order valence-corrected chi connectivity index (χ3v) is 8.00. The first-order valence-electron chi connectivity index (χ1n) is 16.0. The molecule has 0 bridgehead atoms. The van der Waals surface area contributed by atoms with E-state index >= 15 is 0 Å². The number of phenolic OH excluding ortho intramolecular Hbond substituents is 1. The number of carbonyl (C=O) groups is 3. The van der Waals surface area contributed by atoms with Crippen LogP contribution in [0.3, 0.4) is 0 Å². The van der Waals surface area contributed by atoms with Gasteiger partial charge >= 0.3 is 6.09 Å². The zero-order valence-electron chi connectivity index (χ0n) is 27.1. The second-order valence-electron chi connectivity index (χ2n) is 11.6. The molecule has 11 nitrogen and oxygen atoms in total. The first-order valence-corrected chi connectivity index (χ1v) is 16.0. The molecule has 6 N–H and O–H groups in total. The van der Waals surface area contributed by atoms with Crippen LogP contribution >= 0.6 is 0 Å². The number of amides is 3. The summed E-state index contributed by atoms with van der Waals surface area (Å²) in [6.45, 7) is -0.0730.